The molecule has 0 radical (unpaired) electrons. The van der Waals surface area contributed by atoms with E-state index in [2.05, 4.69) is 26.0 Å². The van der Waals surface area contributed by atoms with Crippen molar-refractivity contribution in [2.75, 3.05) is 12.3 Å². The molecule has 80 valence electrons. The van der Waals surface area contributed by atoms with Crippen molar-refractivity contribution in [2.24, 2.45) is 11.3 Å². The third kappa shape index (κ3) is 1.33. The van der Waals surface area contributed by atoms with Crippen molar-refractivity contribution in [3.8, 4) is 0 Å². The molecule has 15 heavy (non-hydrogen) atoms. The highest BCUT2D eigenvalue weighted by Crippen LogP contribution is 2.72. The summed E-state index contributed by atoms with van der Waals surface area (Å²) in [5, 5.41) is 1.15. The average molecular weight is 220 g/mol. The van der Waals surface area contributed by atoms with Gasteiger partial charge < -0.3 is 4.57 Å². The molecular weight excluding hydrogens is 203 g/mol. The van der Waals surface area contributed by atoms with Crippen LogP contribution in [0.1, 0.15) is 18.9 Å². The average Bonchev–Trinajstić information content (AvgIpc) is 2.67. The molecular formula is C13H17OP. The van der Waals surface area contributed by atoms with E-state index in [1.165, 1.54) is 12.0 Å². The largest absolute Gasteiger partial charge is 0.319 e. The van der Waals surface area contributed by atoms with E-state index in [4.69, 9.17) is 0 Å². The molecule has 1 heterocycles. The number of hydrogen-bond acceptors (Lipinski definition) is 1. The Hall–Kier alpha value is -0.550. The van der Waals surface area contributed by atoms with Crippen LogP contribution >= 0.6 is 7.14 Å². The van der Waals surface area contributed by atoms with Crippen LogP contribution in [0.2, 0.25) is 0 Å². The van der Waals surface area contributed by atoms with Crippen molar-refractivity contribution in [1.29, 1.82) is 0 Å². The molecule has 2 aliphatic rings. The van der Waals surface area contributed by atoms with E-state index in [1.807, 2.05) is 12.1 Å². The van der Waals surface area contributed by atoms with Crippen LogP contribution < -0.4 is 5.30 Å². The summed E-state index contributed by atoms with van der Waals surface area (Å²) >= 11 is 0. The van der Waals surface area contributed by atoms with Gasteiger partial charge in [-0.2, -0.15) is 0 Å². The quantitative estimate of drug-likeness (QED) is 0.665. The molecule has 1 nitrogen and oxygen atoms in total. The van der Waals surface area contributed by atoms with Gasteiger partial charge in [0.25, 0.3) is 0 Å². The molecule has 2 heteroatoms. The SMILES string of the molecule is Cc1ccccc1[P@@]1(=O)C[C@H]2C[C@@]2(C)C1. The zero-order valence-electron chi connectivity index (χ0n) is 9.36. The Labute approximate surface area is 91.3 Å². The maximum atomic E-state index is 12.9. The number of aryl methyl sites for hydroxylation is 1. The first-order valence-corrected chi connectivity index (χ1v) is 7.76. The highest BCUT2D eigenvalue weighted by Gasteiger charge is 2.61. The van der Waals surface area contributed by atoms with Crippen LogP contribution in [0.25, 0.3) is 0 Å². The van der Waals surface area contributed by atoms with Gasteiger partial charge in [-0.25, -0.2) is 0 Å². The van der Waals surface area contributed by atoms with Crippen molar-refractivity contribution in [3.63, 3.8) is 0 Å². The number of fused-ring (bicyclic) bond motifs is 1. The molecule has 2 fully saturated rings. The molecule has 0 N–H and O–H groups in total. The van der Waals surface area contributed by atoms with Gasteiger partial charge in [-0.05, 0) is 30.2 Å². The summed E-state index contributed by atoms with van der Waals surface area (Å²) in [6, 6.07) is 8.21. The minimum absolute atomic E-state index is 0.428. The van der Waals surface area contributed by atoms with Crippen LogP contribution in [0, 0.1) is 18.3 Å². The lowest BCUT2D eigenvalue weighted by molar-refractivity contribution is 0.574. The van der Waals surface area contributed by atoms with Gasteiger partial charge in [0.15, 0.2) is 0 Å². The minimum Gasteiger partial charge on any atom is -0.319 e. The molecule has 0 bridgehead atoms. The van der Waals surface area contributed by atoms with E-state index < -0.39 is 7.14 Å². The molecule has 1 aliphatic heterocycles. The summed E-state index contributed by atoms with van der Waals surface area (Å²) in [5.74, 6) is 0.753. The van der Waals surface area contributed by atoms with Crippen LogP contribution in [0.15, 0.2) is 24.3 Å². The molecule has 0 amide bonds. The van der Waals surface area contributed by atoms with Gasteiger partial charge in [-0.15, -0.1) is 0 Å². The van der Waals surface area contributed by atoms with E-state index >= 15 is 0 Å². The number of rotatable bonds is 1. The Morgan fingerprint density at radius 3 is 2.73 bits per heavy atom. The lowest BCUT2D eigenvalue weighted by Gasteiger charge is -2.17. The zero-order valence-corrected chi connectivity index (χ0v) is 10.3. The van der Waals surface area contributed by atoms with Gasteiger partial charge >= 0.3 is 0 Å². The minimum atomic E-state index is -2.03. The summed E-state index contributed by atoms with van der Waals surface area (Å²) in [5.41, 5.74) is 1.64. The monoisotopic (exact) mass is 220 g/mol. The van der Waals surface area contributed by atoms with Crippen LogP contribution in [0.5, 0.6) is 0 Å². The van der Waals surface area contributed by atoms with Gasteiger partial charge in [0.1, 0.15) is 7.14 Å². The van der Waals surface area contributed by atoms with Gasteiger partial charge in [0.2, 0.25) is 0 Å². The molecule has 1 saturated carbocycles. The van der Waals surface area contributed by atoms with E-state index in [1.54, 1.807) is 0 Å². The highest BCUT2D eigenvalue weighted by atomic mass is 31.2. The second-order valence-electron chi connectivity index (χ2n) is 5.57. The highest BCUT2D eigenvalue weighted by molar-refractivity contribution is 7.72. The van der Waals surface area contributed by atoms with E-state index in [-0.39, 0.29) is 0 Å². The van der Waals surface area contributed by atoms with E-state index in [0.717, 1.165) is 23.5 Å². The normalized spacial score (nSPS) is 42.7. The van der Waals surface area contributed by atoms with Crippen LogP contribution in [-0.4, -0.2) is 12.3 Å². The third-order valence-electron chi connectivity index (χ3n) is 4.22. The predicted molar refractivity (Wildman–Crippen MR) is 64.4 cm³/mol. The summed E-state index contributed by atoms with van der Waals surface area (Å²) in [4.78, 5) is 0. The smallest absolute Gasteiger partial charge is 0.116 e. The Bertz CT molecular complexity index is 465. The maximum absolute atomic E-state index is 12.9. The Morgan fingerprint density at radius 1 is 1.40 bits per heavy atom. The van der Waals surface area contributed by atoms with Crippen molar-refractivity contribution in [2.45, 2.75) is 20.3 Å². The lowest BCUT2D eigenvalue weighted by atomic mass is 10.1. The van der Waals surface area contributed by atoms with Gasteiger partial charge in [0.05, 0.1) is 0 Å². The van der Waals surface area contributed by atoms with Crippen molar-refractivity contribution >= 4 is 12.4 Å². The van der Waals surface area contributed by atoms with Crippen LogP contribution in [-0.2, 0) is 4.57 Å². The summed E-state index contributed by atoms with van der Waals surface area (Å²) < 4.78 is 12.9. The van der Waals surface area contributed by atoms with Gasteiger partial charge in [0, 0.05) is 17.6 Å². The van der Waals surface area contributed by atoms with Crippen LogP contribution in [0.3, 0.4) is 0 Å². The second-order valence-corrected chi connectivity index (χ2v) is 8.51. The summed E-state index contributed by atoms with van der Waals surface area (Å²) in [6.07, 6.45) is 3.23. The summed E-state index contributed by atoms with van der Waals surface area (Å²) in [7, 11) is -2.03. The van der Waals surface area contributed by atoms with Crippen molar-refractivity contribution in [3.05, 3.63) is 29.8 Å². The molecule has 0 spiro atoms. The molecule has 1 aromatic rings. The standard InChI is InChI=1S/C13H17OP/c1-10-5-3-4-6-12(10)15(14)8-11-7-13(11,2)9-15/h3-6,11H,7-9H2,1-2H3/t11-,13+,15-/m1/s1. The third-order valence-corrected chi connectivity index (χ3v) is 7.87. The van der Waals surface area contributed by atoms with Gasteiger partial charge in [-0.3, -0.25) is 0 Å². The Morgan fingerprint density at radius 2 is 2.13 bits per heavy atom. The molecule has 1 aliphatic carbocycles. The maximum Gasteiger partial charge on any atom is 0.116 e. The predicted octanol–water partition coefficient (Wildman–Crippen LogP) is 3.02. The molecule has 1 aromatic carbocycles. The first-order valence-electron chi connectivity index (χ1n) is 5.68. The topological polar surface area (TPSA) is 17.1 Å². The van der Waals surface area contributed by atoms with E-state index in [0.29, 0.717) is 5.41 Å². The molecule has 1 saturated heterocycles. The number of hydrogen-bond donors (Lipinski definition) is 0. The van der Waals surface area contributed by atoms with Crippen molar-refractivity contribution < 1.29 is 4.57 Å². The first-order chi connectivity index (χ1) is 7.04. The second kappa shape index (κ2) is 2.77. The van der Waals surface area contributed by atoms with Crippen LogP contribution in [0.4, 0.5) is 0 Å². The fourth-order valence-electron chi connectivity index (χ4n) is 3.19. The lowest BCUT2D eigenvalue weighted by Crippen LogP contribution is -2.13. The van der Waals surface area contributed by atoms with Crippen molar-refractivity contribution in [1.82, 2.24) is 0 Å². The fraction of sp³-hybridized carbons (Fsp3) is 0.538. The molecule has 0 unspecified atom stereocenters. The first kappa shape index (κ1) is 9.66. The number of benzene rings is 1. The Kier molecular flexibility index (Phi) is 1.78. The summed E-state index contributed by atoms with van der Waals surface area (Å²) in [6.45, 7) is 4.39. The Balaban J connectivity index is 2.02. The molecule has 3 atom stereocenters. The molecule has 3 rings (SSSR count). The van der Waals surface area contributed by atoms with Gasteiger partial charge in [-0.1, -0.05) is 31.2 Å². The molecule has 0 aromatic heterocycles. The van der Waals surface area contributed by atoms with E-state index in [9.17, 15) is 4.57 Å². The zero-order chi connectivity index (χ0) is 10.7. The fourth-order valence-corrected chi connectivity index (χ4v) is 7.60.